The first-order valence-electron chi connectivity index (χ1n) is 6.46. The topological polar surface area (TPSA) is 32.6 Å². The number of nitrogens with zero attached hydrogens (tertiary/aromatic N) is 1. The lowest BCUT2D eigenvalue weighted by Gasteiger charge is -2.26. The van der Waals surface area contributed by atoms with Crippen LogP contribution in [0.5, 0.6) is 0 Å². The van der Waals surface area contributed by atoms with E-state index in [1.54, 1.807) is 0 Å². The van der Waals surface area contributed by atoms with E-state index in [1.165, 1.54) is 5.56 Å². The molecule has 0 fully saturated rings. The first kappa shape index (κ1) is 13.5. The van der Waals surface area contributed by atoms with E-state index in [-0.39, 0.29) is 5.92 Å². The lowest BCUT2D eigenvalue weighted by atomic mass is 9.78. The Kier molecular flexibility index (Phi) is 3.68. The average Bonchev–Trinajstić information content (AvgIpc) is 2.49. The van der Waals surface area contributed by atoms with Crippen LogP contribution in [-0.4, -0.2) is 10.9 Å². The molecular formula is C16H13Cl2NO. The highest BCUT2D eigenvalue weighted by molar-refractivity contribution is 6.42. The molecule has 1 atom stereocenters. The largest absolute Gasteiger partial charge is 0.411 e. The molecule has 4 heteroatoms. The second kappa shape index (κ2) is 5.47. The third-order valence-corrected chi connectivity index (χ3v) is 4.52. The van der Waals surface area contributed by atoms with Gasteiger partial charge >= 0.3 is 0 Å². The van der Waals surface area contributed by atoms with E-state index in [0.29, 0.717) is 10.0 Å². The van der Waals surface area contributed by atoms with Gasteiger partial charge in [0.05, 0.1) is 15.8 Å². The molecule has 20 heavy (non-hydrogen) atoms. The number of halogens is 2. The quantitative estimate of drug-likeness (QED) is 0.577. The van der Waals surface area contributed by atoms with Crippen molar-refractivity contribution < 1.29 is 5.21 Å². The van der Waals surface area contributed by atoms with Gasteiger partial charge in [0.15, 0.2) is 0 Å². The molecular weight excluding hydrogens is 293 g/mol. The van der Waals surface area contributed by atoms with Crippen LogP contribution in [0.1, 0.15) is 35.4 Å². The van der Waals surface area contributed by atoms with Crippen LogP contribution < -0.4 is 0 Å². The van der Waals surface area contributed by atoms with Crippen molar-refractivity contribution in [3.8, 4) is 0 Å². The van der Waals surface area contributed by atoms with Crippen LogP contribution in [0.25, 0.3) is 0 Å². The number of rotatable bonds is 1. The molecule has 0 heterocycles. The standard InChI is InChI=1S/C16H13Cl2NO/c17-14-7-5-10(9-15(14)18)11-6-8-16(19-20)13-4-2-1-3-12(11)13/h1-5,7,9,11,20H,6,8H2/b19-16+/t11-/m0/s1. The minimum Gasteiger partial charge on any atom is -0.411 e. The molecule has 2 aromatic rings. The third kappa shape index (κ3) is 2.30. The van der Waals surface area contributed by atoms with E-state index in [2.05, 4.69) is 11.2 Å². The van der Waals surface area contributed by atoms with Gasteiger partial charge in [0.1, 0.15) is 0 Å². The zero-order chi connectivity index (χ0) is 14.1. The smallest absolute Gasteiger partial charge is 0.0871 e. The minimum atomic E-state index is 0.256. The Balaban J connectivity index is 2.09. The first-order valence-corrected chi connectivity index (χ1v) is 7.21. The van der Waals surface area contributed by atoms with Gasteiger partial charge in [-0.15, -0.1) is 0 Å². The van der Waals surface area contributed by atoms with Gasteiger partial charge in [-0.2, -0.15) is 0 Å². The highest BCUT2D eigenvalue weighted by atomic mass is 35.5. The summed E-state index contributed by atoms with van der Waals surface area (Å²) in [5.41, 5.74) is 4.07. The summed E-state index contributed by atoms with van der Waals surface area (Å²) in [6, 6.07) is 13.8. The molecule has 0 spiro atoms. The van der Waals surface area contributed by atoms with Gasteiger partial charge < -0.3 is 5.21 Å². The van der Waals surface area contributed by atoms with Crippen molar-refractivity contribution in [2.75, 3.05) is 0 Å². The normalized spacial score (nSPS) is 19.9. The molecule has 1 aliphatic rings. The van der Waals surface area contributed by atoms with Crippen LogP contribution in [0.2, 0.25) is 10.0 Å². The molecule has 2 nitrogen and oxygen atoms in total. The summed E-state index contributed by atoms with van der Waals surface area (Å²) in [6.07, 6.45) is 1.65. The first-order chi connectivity index (χ1) is 9.70. The molecule has 102 valence electrons. The van der Waals surface area contributed by atoms with E-state index in [0.717, 1.165) is 29.7 Å². The monoisotopic (exact) mass is 305 g/mol. The molecule has 1 N–H and O–H groups in total. The zero-order valence-corrected chi connectivity index (χ0v) is 12.2. The fraction of sp³-hybridized carbons (Fsp3) is 0.188. The lowest BCUT2D eigenvalue weighted by molar-refractivity contribution is 0.317. The van der Waals surface area contributed by atoms with Crippen LogP contribution in [0.3, 0.4) is 0 Å². The van der Waals surface area contributed by atoms with Gasteiger partial charge in [0.2, 0.25) is 0 Å². The van der Waals surface area contributed by atoms with E-state index in [1.807, 2.05) is 36.4 Å². The van der Waals surface area contributed by atoms with Crippen LogP contribution in [0.4, 0.5) is 0 Å². The molecule has 0 saturated heterocycles. The van der Waals surface area contributed by atoms with Gasteiger partial charge in [-0.25, -0.2) is 0 Å². The number of fused-ring (bicyclic) bond motifs is 1. The SMILES string of the molecule is O/N=C1\CC[C@@H](c2ccc(Cl)c(Cl)c2)c2ccccc21. The third-order valence-electron chi connectivity index (χ3n) is 3.78. The predicted molar refractivity (Wildman–Crippen MR) is 82.3 cm³/mol. The number of hydrogen-bond donors (Lipinski definition) is 1. The van der Waals surface area contributed by atoms with Crippen LogP contribution in [0.15, 0.2) is 47.6 Å². The Morgan fingerprint density at radius 1 is 1.05 bits per heavy atom. The summed E-state index contributed by atoms with van der Waals surface area (Å²) in [4.78, 5) is 0. The second-order valence-electron chi connectivity index (χ2n) is 4.90. The van der Waals surface area contributed by atoms with Crippen molar-refractivity contribution in [3.63, 3.8) is 0 Å². The lowest BCUT2D eigenvalue weighted by Crippen LogP contribution is -2.17. The molecule has 0 bridgehead atoms. The molecule has 3 rings (SSSR count). The Bertz CT molecular complexity index is 682. The molecule has 0 amide bonds. The van der Waals surface area contributed by atoms with Crippen molar-refractivity contribution in [3.05, 3.63) is 69.2 Å². The highest BCUT2D eigenvalue weighted by Crippen LogP contribution is 2.38. The Hall–Kier alpha value is -1.51. The second-order valence-corrected chi connectivity index (χ2v) is 5.71. The summed E-state index contributed by atoms with van der Waals surface area (Å²) < 4.78 is 0. The zero-order valence-electron chi connectivity index (χ0n) is 10.7. The van der Waals surface area contributed by atoms with E-state index >= 15 is 0 Å². The van der Waals surface area contributed by atoms with Crippen molar-refractivity contribution in [1.29, 1.82) is 0 Å². The van der Waals surface area contributed by atoms with Crippen molar-refractivity contribution in [1.82, 2.24) is 0 Å². The number of oxime groups is 1. The van der Waals surface area contributed by atoms with Crippen molar-refractivity contribution in [2.24, 2.45) is 5.16 Å². The predicted octanol–water partition coefficient (Wildman–Crippen LogP) is 5.10. The molecule has 0 radical (unpaired) electrons. The fourth-order valence-corrected chi connectivity index (χ4v) is 3.12. The minimum absolute atomic E-state index is 0.256. The Morgan fingerprint density at radius 3 is 2.60 bits per heavy atom. The van der Waals surface area contributed by atoms with E-state index in [9.17, 15) is 0 Å². The Labute approximate surface area is 127 Å². The summed E-state index contributed by atoms with van der Waals surface area (Å²) >= 11 is 12.1. The fourth-order valence-electron chi connectivity index (χ4n) is 2.81. The average molecular weight is 306 g/mol. The molecule has 2 aromatic carbocycles. The van der Waals surface area contributed by atoms with Gasteiger partial charge in [0, 0.05) is 11.5 Å². The van der Waals surface area contributed by atoms with E-state index in [4.69, 9.17) is 28.4 Å². The van der Waals surface area contributed by atoms with Crippen molar-refractivity contribution >= 4 is 28.9 Å². The van der Waals surface area contributed by atoms with Crippen LogP contribution in [-0.2, 0) is 0 Å². The van der Waals surface area contributed by atoms with Crippen LogP contribution in [0, 0.1) is 0 Å². The van der Waals surface area contributed by atoms with E-state index < -0.39 is 0 Å². The van der Waals surface area contributed by atoms with Gasteiger partial charge in [-0.1, -0.05) is 58.7 Å². The van der Waals surface area contributed by atoms with Gasteiger partial charge in [0.25, 0.3) is 0 Å². The molecule has 0 unspecified atom stereocenters. The summed E-state index contributed by atoms with van der Waals surface area (Å²) in [5, 5.41) is 13.7. The van der Waals surface area contributed by atoms with Gasteiger partial charge in [-0.3, -0.25) is 0 Å². The summed E-state index contributed by atoms with van der Waals surface area (Å²) in [6.45, 7) is 0. The molecule has 0 aliphatic heterocycles. The molecule has 1 aliphatic carbocycles. The summed E-state index contributed by atoms with van der Waals surface area (Å²) in [5.74, 6) is 0.256. The van der Waals surface area contributed by atoms with Crippen molar-refractivity contribution in [2.45, 2.75) is 18.8 Å². The maximum atomic E-state index is 9.12. The Morgan fingerprint density at radius 2 is 1.85 bits per heavy atom. The maximum Gasteiger partial charge on any atom is 0.0871 e. The van der Waals surface area contributed by atoms with Crippen LogP contribution >= 0.6 is 23.2 Å². The molecule has 0 aromatic heterocycles. The van der Waals surface area contributed by atoms with Gasteiger partial charge in [-0.05, 0) is 36.1 Å². The number of hydrogen-bond acceptors (Lipinski definition) is 2. The maximum absolute atomic E-state index is 9.12. The highest BCUT2D eigenvalue weighted by Gasteiger charge is 2.25. The summed E-state index contributed by atoms with van der Waals surface area (Å²) in [7, 11) is 0. The number of benzene rings is 2. The molecule has 0 saturated carbocycles.